The molecule has 2 heteroatoms. The van der Waals surface area contributed by atoms with Crippen molar-refractivity contribution in [3.05, 3.63) is 162 Å². The molecule has 1 aliphatic rings. The molecule has 0 spiro atoms. The molecule has 0 atom stereocenters. The van der Waals surface area contributed by atoms with Crippen molar-refractivity contribution < 1.29 is 0 Å². The molecule has 0 N–H and O–H groups in total. The Hall–Kier alpha value is -5.62. The van der Waals surface area contributed by atoms with Crippen LogP contribution < -0.4 is 0 Å². The zero-order valence-electron chi connectivity index (χ0n) is 26.3. The summed E-state index contributed by atoms with van der Waals surface area (Å²) in [6.07, 6.45) is 18.2. The molecule has 8 rings (SSSR count). The first-order valence-electron chi connectivity index (χ1n) is 16.1. The first kappa shape index (κ1) is 28.8. The molecule has 0 fully saturated rings. The number of para-hydroxylation sites is 3. The summed E-state index contributed by atoms with van der Waals surface area (Å²) in [7, 11) is 0. The maximum atomic E-state index is 5.58. The van der Waals surface area contributed by atoms with E-state index < -0.39 is 0 Å². The third kappa shape index (κ3) is 4.97. The highest BCUT2D eigenvalue weighted by Crippen LogP contribution is 2.51. The SMILES string of the molecule is C#C/C=C\C=C(/C)c1cccc(-c2cccc3c4ccccc4n(-c4ccccc4)c23)c1-c1sc(-c2ccccc2)c2c1CCC=C2. The smallest absolute Gasteiger partial charge is 0.0619 e. The molecular formula is C45H33NS. The van der Waals surface area contributed by atoms with E-state index in [4.69, 9.17) is 6.42 Å². The molecule has 7 aromatic rings. The van der Waals surface area contributed by atoms with Crippen LogP contribution >= 0.6 is 11.3 Å². The minimum atomic E-state index is 1.02. The van der Waals surface area contributed by atoms with Crippen LogP contribution in [0.1, 0.15) is 30.0 Å². The molecule has 1 nitrogen and oxygen atoms in total. The molecule has 2 aromatic heterocycles. The van der Waals surface area contributed by atoms with E-state index in [-0.39, 0.29) is 0 Å². The second kappa shape index (κ2) is 12.3. The summed E-state index contributed by atoms with van der Waals surface area (Å²) in [5, 5.41) is 2.51. The van der Waals surface area contributed by atoms with E-state index in [9.17, 15) is 0 Å². The molecule has 0 amide bonds. The van der Waals surface area contributed by atoms with Crippen LogP contribution in [0, 0.1) is 12.3 Å². The van der Waals surface area contributed by atoms with Gasteiger partial charge in [0.1, 0.15) is 0 Å². The van der Waals surface area contributed by atoms with Gasteiger partial charge in [0.2, 0.25) is 0 Å². The predicted octanol–water partition coefficient (Wildman–Crippen LogP) is 12.4. The third-order valence-corrected chi connectivity index (χ3v) is 10.5. The summed E-state index contributed by atoms with van der Waals surface area (Å²) in [4.78, 5) is 2.68. The summed E-state index contributed by atoms with van der Waals surface area (Å²) >= 11 is 1.93. The quantitative estimate of drug-likeness (QED) is 0.129. The van der Waals surface area contributed by atoms with Crippen molar-refractivity contribution in [1.82, 2.24) is 4.57 Å². The van der Waals surface area contributed by atoms with Crippen LogP contribution in [0.5, 0.6) is 0 Å². The Morgan fingerprint density at radius 3 is 2.32 bits per heavy atom. The maximum absolute atomic E-state index is 5.58. The van der Waals surface area contributed by atoms with Gasteiger partial charge in [-0.2, -0.15) is 0 Å². The van der Waals surface area contributed by atoms with Gasteiger partial charge in [-0.25, -0.2) is 0 Å². The van der Waals surface area contributed by atoms with E-state index in [1.54, 1.807) is 6.08 Å². The van der Waals surface area contributed by atoms with Gasteiger partial charge in [0.05, 0.1) is 11.0 Å². The number of benzene rings is 5. The standard InChI is InChI=1S/C45H33NS/c1-3-4-7-18-31(2)34-26-16-27-36(42(34)45-40-25-13-12-24-39(40)44(47-45)32-19-8-5-9-20-32)38-29-17-28-37-35-23-14-15-30-41(35)46(43(37)38)33-21-10-6-11-22-33/h1,4-12,14-24,26-30H,13,25H2,2H3/b7-4-,31-18+. The number of fused-ring (bicyclic) bond motifs is 4. The third-order valence-electron chi connectivity index (χ3n) is 9.18. The van der Waals surface area contributed by atoms with Gasteiger partial charge in [-0.1, -0.05) is 133 Å². The number of thiophene rings is 1. The topological polar surface area (TPSA) is 4.93 Å². The summed E-state index contributed by atoms with van der Waals surface area (Å²) < 4.78 is 2.44. The fourth-order valence-corrected chi connectivity index (χ4v) is 8.52. The minimum absolute atomic E-state index is 1.02. The first-order chi connectivity index (χ1) is 23.2. The Morgan fingerprint density at radius 1 is 0.766 bits per heavy atom. The molecule has 5 aromatic carbocycles. The van der Waals surface area contributed by atoms with Crippen LogP contribution in [0.15, 0.2) is 146 Å². The average Bonchev–Trinajstić information content (AvgIpc) is 3.69. The van der Waals surface area contributed by atoms with Crippen LogP contribution in [0.4, 0.5) is 0 Å². The Labute approximate surface area is 280 Å². The van der Waals surface area contributed by atoms with Crippen LogP contribution in [0.3, 0.4) is 0 Å². The zero-order chi connectivity index (χ0) is 31.7. The van der Waals surface area contributed by atoms with Gasteiger partial charge in [-0.15, -0.1) is 17.8 Å². The first-order valence-corrected chi connectivity index (χ1v) is 16.9. The summed E-state index contributed by atoms with van der Waals surface area (Å²) in [5.41, 5.74) is 13.8. The van der Waals surface area contributed by atoms with Crippen molar-refractivity contribution in [2.75, 3.05) is 0 Å². The molecule has 47 heavy (non-hydrogen) atoms. The minimum Gasteiger partial charge on any atom is -0.309 e. The molecule has 224 valence electrons. The number of hydrogen-bond donors (Lipinski definition) is 0. The van der Waals surface area contributed by atoms with E-state index in [0.717, 1.165) is 18.5 Å². The van der Waals surface area contributed by atoms with Gasteiger partial charge in [-0.3, -0.25) is 0 Å². The van der Waals surface area contributed by atoms with Crippen LogP contribution in [-0.4, -0.2) is 4.57 Å². The second-order valence-corrected chi connectivity index (χ2v) is 13.0. The molecule has 0 bridgehead atoms. The van der Waals surface area contributed by atoms with Gasteiger partial charge in [0.25, 0.3) is 0 Å². The molecule has 0 unspecified atom stereocenters. The highest BCUT2D eigenvalue weighted by molar-refractivity contribution is 7.19. The van der Waals surface area contributed by atoms with Crippen molar-refractivity contribution in [3.63, 3.8) is 0 Å². The summed E-state index contributed by atoms with van der Waals surface area (Å²) in [6.45, 7) is 2.20. The molecule has 0 saturated heterocycles. The Kier molecular flexibility index (Phi) is 7.54. The van der Waals surface area contributed by atoms with Crippen molar-refractivity contribution in [3.8, 4) is 50.0 Å². The summed E-state index contributed by atoms with van der Waals surface area (Å²) in [5.74, 6) is 2.64. The normalized spacial score (nSPS) is 13.0. The fraction of sp³-hybridized carbons (Fsp3) is 0.0667. The Bertz CT molecular complexity index is 2410. The van der Waals surface area contributed by atoms with E-state index in [0.29, 0.717) is 0 Å². The largest absolute Gasteiger partial charge is 0.309 e. The molecule has 2 heterocycles. The number of allylic oxidation sites excluding steroid dienone is 5. The van der Waals surface area contributed by atoms with E-state index in [1.807, 2.05) is 17.4 Å². The van der Waals surface area contributed by atoms with Gasteiger partial charge < -0.3 is 4.57 Å². The predicted molar refractivity (Wildman–Crippen MR) is 204 cm³/mol. The molecule has 1 aliphatic carbocycles. The lowest BCUT2D eigenvalue weighted by molar-refractivity contribution is 0.996. The number of hydrogen-bond acceptors (Lipinski definition) is 1. The summed E-state index contributed by atoms with van der Waals surface area (Å²) in [6, 6.07) is 44.0. The zero-order valence-corrected chi connectivity index (χ0v) is 27.1. The number of rotatable bonds is 6. The van der Waals surface area contributed by atoms with E-state index in [2.05, 4.69) is 157 Å². The van der Waals surface area contributed by atoms with Crippen LogP contribution in [0.2, 0.25) is 0 Å². The molecule has 0 radical (unpaired) electrons. The van der Waals surface area contributed by atoms with E-state index >= 15 is 0 Å². The van der Waals surface area contributed by atoms with Crippen molar-refractivity contribution in [2.45, 2.75) is 19.8 Å². The van der Waals surface area contributed by atoms with Crippen LogP contribution in [0.25, 0.3) is 71.2 Å². The molecule has 0 aliphatic heterocycles. The molecular weight excluding hydrogens is 587 g/mol. The van der Waals surface area contributed by atoms with E-state index in [1.165, 1.54) is 76.1 Å². The monoisotopic (exact) mass is 619 g/mol. The Morgan fingerprint density at radius 2 is 1.49 bits per heavy atom. The lowest BCUT2D eigenvalue weighted by atomic mass is 9.86. The highest BCUT2D eigenvalue weighted by Gasteiger charge is 2.26. The number of nitrogens with zero attached hydrogens (tertiary/aromatic N) is 1. The van der Waals surface area contributed by atoms with Gasteiger partial charge in [0.15, 0.2) is 0 Å². The number of aromatic nitrogens is 1. The Balaban J connectivity index is 1.49. The van der Waals surface area contributed by atoms with Crippen molar-refractivity contribution in [1.29, 1.82) is 0 Å². The number of terminal acetylenes is 1. The maximum Gasteiger partial charge on any atom is 0.0619 e. The van der Waals surface area contributed by atoms with Crippen molar-refractivity contribution in [2.24, 2.45) is 0 Å². The fourth-order valence-electron chi connectivity index (χ4n) is 7.11. The molecule has 0 saturated carbocycles. The lowest BCUT2D eigenvalue weighted by Gasteiger charge is -2.19. The van der Waals surface area contributed by atoms with Crippen molar-refractivity contribution >= 4 is 44.8 Å². The lowest BCUT2D eigenvalue weighted by Crippen LogP contribution is -1.99. The highest BCUT2D eigenvalue weighted by atomic mass is 32.1. The van der Waals surface area contributed by atoms with Gasteiger partial charge >= 0.3 is 0 Å². The second-order valence-electron chi connectivity index (χ2n) is 12.0. The van der Waals surface area contributed by atoms with Crippen LogP contribution in [-0.2, 0) is 6.42 Å². The average molecular weight is 620 g/mol. The van der Waals surface area contributed by atoms with Gasteiger partial charge in [0, 0.05) is 37.3 Å². The van der Waals surface area contributed by atoms with Gasteiger partial charge in [-0.05, 0) is 77.4 Å².